The van der Waals surface area contributed by atoms with Gasteiger partial charge in [0.2, 0.25) is 5.91 Å². The molecular weight excluding hydrogens is 376 g/mol. The van der Waals surface area contributed by atoms with Crippen LogP contribution < -0.4 is 11.1 Å². The van der Waals surface area contributed by atoms with Crippen LogP contribution in [-0.2, 0) is 20.7 Å². The Hall–Kier alpha value is -3.68. The molecule has 0 radical (unpaired) electrons. The average Bonchev–Trinajstić information content (AvgIpc) is 3.06. The highest BCUT2D eigenvalue weighted by Crippen LogP contribution is 2.24. The van der Waals surface area contributed by atoms with E-state index in [-0.39, 0.29) is 11.7 Å². The van der Waals surface area contributed by atoms with Gasteiger partial charge in [-0.25, -0.2) is 9.59 Å². The van der Waals surface area contributed by atoms with Crippen molar-refractivity contribution < 1.29 is 23.5 Å². The minimum absolute atomic E-state index is 0.0542. The number of hydrogen-bond donors (Lipinski definition) is 1. The van der Waals surface area contributed by atoms with E-state index in [0.717, 1.165) is 5.56 Å². The summed E-state index contributed by atoms with van der Waals surface area (Å²) in [6.45, 7) is 1.07. The minimum Gasteiger partial charge on any atom is -0.456 e. The van der Waals surface area contributed by atoms with Gasteiger partial charge in [0.1, 0.15) is 6.04 Å². The van der Waals surface area contributed by atoms with Crippen LogP contribution in [0.15, 0.2) is 51.7 Å². The number of fused-ring (bicyclic) bond motifs is 2. The van der Waals surface area contributed by atoms with Crippen molar-refractivity contribution in [2.75, 3.05) is 11.9 Å². The number of ketones is 1. The molecule has 0 bridgehead atoms. The van der Waals surface area contributed by atoms with Crippen molar-refractivity contribution in [3.05, 3.63) is 64.1 Å². The molecule has 0 spiro atoms. The van der Waals surface area contributed by atoms with Crippen molar-refractivity contribution in [2.45, 2.75) is 25.8 Å². The summed E-state index contributed by atoms with van der Waals surface area (Å²) in [6, 6.07) is 10.8. The summed E-state index contributed by atoms with van der Waals surface area (Å²) < 4.78 is 11.5. The van der Waals surface area contributed by atoms with E-state index in [2.05, 4.69) is 5.32 Å². The summed E-state index contributed by atoms with van der Waals surface area (Å²) in [7, 11) is 0. The Kier molecular flexibility index (Phi) is 4.75. The van der Waals surface area contributed by atoms with Crippen molar-refractivity contribution in [1.29, 1.82) is 0 Å². The normalized spacial score (nSPS) is 14.2. The average molecular weight is 394 g/mol. The van der Waals surface area contributed by atoms with Gasteiger partial charge in [-0.05, 0) is 49.2 Å². The number of ether oxygens (including phenoxy) is 1. The molecular formula is C21H18N2O6. The lowest BCUT2D eigenvalue weighted by molar-refractivity contribution is -0.146. The van der Waals surface area contributed by atoms with Crippen molar-refractivity contribution >= 4 is 34.4 Å². The van der Waals surface area contributed by atoms with E-state index in [1.165, 1.54) is 11.5 Å². The van der Waals surface area contributed by atoms with Crippen molar-refractivity contribution in [3.63, 3.8) is 0 Å². The number of nitrogens with zero attached hydrogens (tertiary/aromatic N) is 1. The predicted octanol–water partition coefficient (Wildman–Crippen LogP) is 2.47. The van der Waals surface area contributed by atoms with E-state index < -0.39 is 24.4 Å². The topological polar surface area (TPSA) is 108 Å². The van der Waals surface area contributed by atoms with Crippen LogP contribution in [-0.4, -0.2) is 28.8 Å². The maximum Gasteiger partial charge on any atom is 0.420 e. The second-order valence-electron chi connectivity index (χ2n) is 6.83. The van der Waals surface area contributed by atoms with Crippen LogP contribution in [0.4, 0.5) is 5.69 Å². The molecule has 0 saturated heterocycles. The highest BCUT2D eigenvalue weighted by atomic mass is 16.5. The van der Waals surface area contributed by atoms with Crippen LogP contribution in [0.5, 0.6) is 0 Å². The van der Waals surface area contributed by atoms with Gasteiger partial charge in [-0.2, -0.15) is 0 Å². The van der Waals surface area contributed by atoms with E-state index in [4.69, 9.17) is 9.15 Å². The van der Waals surface area contributed by atoms with Gasteiger partial charge in [-0.1, -0.05) is 12.1 Å². The first-order valence-corrected chi connectivity index (χ1v) is 9.17. The molecule has 2 heterocycles. The molecule has 2 aromatic carbocycles. The monoisotopic (exact) mass is 394 g/mol. The summed E-state index contributed by atoms with van der Waals surface area (Å²) in [5.41, 5.74) is 2.80. The maximum atomic E-state index is 12.4. The van der Waals surface area contributed by atoms with E-state index in [1.807, 2.05) is 0 Å². The first-order valence-electron chi connectivity index (χ1n) is 9.17. The number of amides is 1. The molecule has 1 amide bonds. The van der Waals surface area contributed by atoms with Gasteiger partial charge in [0.25, 0.3) is 0 Å². The Morgan fingerprint density at radius 2 is 1.97 bits per heavy atom. The molecule has 1 aliphatic rings. The first-order chi connectivity index (χ1) is 13.9. The van der Waals surface area contributed by atoms with Crippen molar-refractivity contribution in [1.82, 2.24) is 4.57 Å². The third-order valence-corrected chi connectivity index (χ3v) is 4.92. The molecule has 8 heteroatoms. The van der Waals surface area contributed by atoms with Crippen LogP contribution in [0.2, 0.25) is 0 Å². The predicted molar refractivity (Wildman–Crippen MR) is 104 cm³/mol. The molecule has 0 saturated carbocycles. The molecule has 1 aromatic heterocycles. The number of para-hydroxylation sites is 2. The van der Waals surface area contributed by atoms with Gasteiger partial charge in [0.15, 0.2) is 18.0 Å². The Morgan fingerprint density at radius 3 is 2.79 bits per heavy atom. The quantitative estimate of drug-likeness (QED) is 0.526. The van der Waals surface area contributed by atoms with Crippen LogP contribution in [0, 0.1) is 0 Å². The number of oxazole rings is 1. The molecule has 8 nitrogen and oxygen atoms in total. The molecule has 1 unspecified atom stereocenters. The third-order valence-electron chi connectivity index (χ3n) is 4.92. The highest BCUT2D eigenvalue weighted by molar-refractivity contribution is 6.00. The highest BCUT2D eigenvalue weighted by Gasteiger charge is 2.24. The lowest BCUT2D eigenvalue weighted by atomic mass is 9.99. The molecule has 4 rings (SSSR count). The summed E-state index contributed by atoms with van der Waals surface area (Å²) in [5.74, 6) is -1.80. The SMILES string of the molecule is CC(C(=O)OCC(=O)c1ccc2c(c1)CCC(=O)N2)n1c(=O)oc2ccccc21. The van der Waals surface area contributed by atoms with Gasteiger partial charge >= 0.3 is 11.7 Å². The van der Waals surface area contributed by atoms with Crippen LogP contribution in [0.1, 0.15) is 35.3 Å². The fourth-order valence-corrected chi connectivity index (χ4v) is 3.35. The molecule has 1 aliphatic heterocycles. The molecule has 0 aliphatic carbocycles. The lowest BCUT2D eigenvalue weighted by Gasteiger charge is -2.17. The number of benzene rings is 2. The maximum absolute atomic E-state index is 12.4. The molecule has 1 atom stereocenters. The number of esters is 1. The third kappa shape index (κ3) is 3.56. The largest absolute Gasteiger partial charge is 0.456 e. The van der Waals surface area contributed by atoms with E-state index in [1.54, 1.807) is 42.5 Å². The van der Waals surface area contributed by atoms with Crippen LogP contribution in [0.25, 0.3) is 11.1 Å². The summed E-state index contributed by atoms with van der Waals surface area (Å²) in [4.78, 5) is 48.4. The number of aromatic nitrogens is 1. The molecule has 1 N–H and O–H groups in total. The standard InChI is InChI=1S/C21H18N2O6/c1-12(23-16-4-2-3-5-18(16)29-21(23)27)20(26)28-11-17(24)14-6-8-15-13(10-14)7-9-19(25)22-15/h2-6,8,10,12H,7,9,11H2,1H3,(H,22,25). The summed E-state index contributed by atoms with van der Waals surface area (Å²) in [6.07, 6.45) is 0.917. The Morgan fingerprint density at radius 1 is 1.17 bits per heavy atom. The van der Waals surface area contributed by atoms with E-state index >= 15 is 0 Å². The zero-order valence-corrected chi connectivity index (χ0v) is 15.6. The molecule has 0 fully saturated rings. The number of hydrogen-bond acceptors (Lipinski definition) is 6. The minimum atomic E-state index is -0.947. The van der Waals surface area contributed by atoms with E-state index in [0.29, 0.717) is 35.2 Å². The number of carbonyl (C=O) groups is 3. The van der Waals surface area contributed by atoms with E-state index in [9.17, 15) is 19.2 Å². The number of carbonyl (C=O) groups excluding carboxylic acids is 3. The fourth-order valence-electron chi connectivity index (χ4n) is 3.35. The van der Waals surface area contributed by atoms with Gasteiger partial charge in [-0.15, -0.1) is 0 Å². The summed E-state index contributed by atoms with van der Waals surface area (Å²) in [5, 5.41) is 2.75. The fraction of sp³-hybridized carbons (Fsp3) is 0.238. The Balaban J connectivity index is 1.45. The Labute approximate surface area is 165 Å². The molecule has 3 aromatic rings. The number of anilines is 1. The van der Waals surface area contributed by atoms with Gasteiger partial charge in [0, 0.05) is 17.7 Å². The number of aryl methyl sites for hydroxylation is 1. The zero-order chi connectivity index (χ0) is 20.5. The first kappa shape index (κ1) is 18.7. The molecule has 148 valence electrons. The summed E-state index contributed by atoms with van der Waals surface area (Å²) >= 11 is 0. The number of rotatable bonds is 5. The van der Waals surface area contributed by atoms with Crippen LogP contribution >= 0.6 is 0 Å². The van der Waals surface area contributed by atoms with Gasteiger partial charge < -0.3 is 14.5 Å². The van der Waals surface area contributed by atoms with Crippen molar-refractivity contribution in [2.24, 2.45) is 0 Å². The van der Waals surface area contributed by atoms with Crippen molar-refractivity contribution in [3.8, 4) is 0 Å². The van der Waals surface area contributed by atoms with Gasteiger partial charge in [-0.3, -0.25) is 14.2 Å². The molecule has 29 heavy (non-hydrogen) atoms. The zero-order valence-electron chi connectivity index (χ0n) is 15.6. The van der Waals surface area contributed by atoms with Gasteiger partial charge in [0.05, 0.1) is 5.52 Å². The Bertz CT molecular complexity index is 1190. The smallest absolute Gasteiger partial charge is 0.420 e. The second kappa shape index (κ2) is 7.38. The number of Topliss-reactive ketones (excluding diaryl/α,β-unsaturated/α-hetero) is 1. The van der Waals surface area contributed by atoms with Crippen LogP contribution in [0.3, 0.4) is 0 Å². The number of nitrogens with one attached hydrogen (secondary N) is 1. The second-order valence-corrected chi connectivity index (χ2v) is 6.83. The lowest BCUT2D eigenvalue weighted by Crippen LogP contribution is -2.28.